The van der Waals surface area contributed by atoms with Crippen LogP contribution in [0.5, 0.6) is 0 Å². The Balaban J connectivity index is 1.98. The van der Waals surface area contributed by atoms with Crippen LogP contribution in [0.2, 0.25) is 0 Å². The molecule has 0 aliphatic rings. The summed E-state index contributed by atoms with van der Waals surface area (Å²) in [5.74, 6) is 0. The molecule has 86 valence electrons. The largest absolute Gasteiger partial charge is 0.304 e. The minimum atomic E-state index is 0.326. The molecule has 2 heterocycles. The lowest BCUT2D eigenvalue weighted by atomic mass is 10.2. The van der Waals surface area contributed by atoms with Gasteiger partial charge in [-0.25, -0.2) is 4.98 Å². The molecule has 2 aromatic heterocycles. The number of rotatable bonds is 4. The van der Waals surface area contributed by atoms with Gasteiger partial charge < -0.3 is 5.32 Å². The zero-order valence-electron chi connectivity index (χ0n) is 9.78. The topological polar surface area (TPSA) is 24.9 Å². The highest BCUT2D eigenvalue weighted by Crippen LogP contribution is 2.22. The summed E-state index contributed by atoms with van der Waals surface area (Å²) in [6, 6.07) is 4.57. The third-order valence-electron chi connectivity index (χ3n) is 2.51. The lowest BCUT2D eigenvalue weighted by Gasteiger charge is -2.11. The van der Waals surface area contributed by atoms with Crippen molar-refractivity contribution in [3.05, 3.63) is 38.0 Å². The fourth-order valence-electron chi connectivity index (χ4n) is 1.71. The third-order valence-corrected chi connectivity index (χ3v) is 4.29. The van der Waals surface area contributed by atoms with E-state index in [1.165, 1.54) is 15.4 Å². The number of aromatic nitrogens is 1. The van der Waals surface area contributed by atoms with Crippen LogP contribution in [-0.2, 0) is 6.54 Å². The van der Waals surface area contributed by atoms with E-state index in [9.17, 15) is 0 Å². The molecule has 0 saturated heterocycles. The summed E-state index contributed by atoms with van der Waals surface area (Å²) in [4.78, 5) is 7.26. The molecular weight excluding hydrogens is 236 g/mol. The molecule has 1 unspecified atom stereocenters. The van der Waals surface area contributed by atoms with Gasteiger partial charge in [-0.3, -0.25) is 0 Å². The fourth-order valence-corrected chi connectivity index (χ4v) is 3.28. The molecule has 0 aromatic carbocycles. The summed E-state index contributed by atoms with van der Waals surface area (Å²) in [6.45, 7) is 7.31. The summed E-state index contributed by atoms with van der Waals surface area (Å²) in [5.41, 5.74) is 1.19. The van der Waals surface area contributed by atoms with E-state index in [1.807, 2.05) is 0 Å². The van der Waals surface area contributed by atoms with Crippen molar-refractivity contribution in [3.8, 4) is 0 Å². The molecule has 16 heavy (non-hydrogen) atoms. The number of hydrogen-bond acceptors (Lipinski definition) is 4. The first-order valence-electron chi connectivity index (χ1n) is 5.36. The Morgan fingerprint density at radius 2 is 2.25 bits per heavy atom. The Bertz CT molecular complexity index is 446. The predicted octanol–water partition coefficient (Wildman–Crippen LogP) is 3.67. The van der Waals surface area contributed by atoms with E-state index in [2.05, 4.69) is 48.6 Å². The highest BCUT2D eigenvalue weighted by atomic mass is 32.1. The normalized spacial score (nSPS) is 12.9. The molecular formula is C12H16N2S2. The Hall–Kier alpha value is -0.710. The quantitative estimate of drug-likeness (QED) is 0.898. The van der Waals surface area contributed by atoms with Crippen molar-refractivity contribution in [1.82, 2.24) is 10.3 Å². The van der Waals surface area contributed by atoms with E-state index in [0.717, 1.165) is 11.6 Å². The average Bonchev–Trinajstić information content (AvgIpc) is 2.84. The maximum Gasteiger partial charge on any atom is 0.0900 e. The molecule has 2 nitrogen and oxygen atoms in total. The van der Waals surface area contributed by atoms with Crippen LogP contribution in [0.25, 0.3) is 0 Å². The second-order valence-electron chi connectivity index (χ2n) is 3.86. The van der Waals surface area contributed by atoms with Gasteiger partial charge in [-0.05, 0) is 32.2 Å². The van der Waals surface area contributed by atoms with Crippen LogP contribution in [0.3, 0.4) is 0 Å². The van der Waals surface area contributed by atoms with Crippen molar-refractivity contribution in [1.29, 1.82) is 0 Å². The van der Waals surface area contributed by atoms with Crippen LogP contribution in [0.4, 0.5) is 0 Å². The summed E-state index contributed by atoms with van der Waals surface area (Å²) in [6.07, 6.45) is 0. The van der Waals surface area contributed by atoms with Crippen LogP contribution in [0.15, 0.2) is 17.5 Å². The fraction of sp³-hybridized carbons (Fsp3) is 0.417. The van der Waals surface area contributed by atoms with Crippen molar-refractivity contribution < 1.29 is 0 Å². The molecule has 0 radical (unpaired) electrons. The smallest absolute Gasteiger partial charge is 0.0900 e. The van der Waals surface area contributed by atoms with E-state index in [-0.39, 0.29) is 0 Å². The molecule has 0 bridgehead atoms. The molecule has 1 N–H and O–H groups in total. The van der Waals surface area contributed by atoms with Crippen molar-refractivity contribution in [2.45, 2.75) is 33.4 Å². The van der Waals surface area contributed by atoms with E-state index in [1.54, 1.807) is 22.7 Å². The minimum absolute atomic E-state index is 0.326. The molecule has 0 saturated carbocycles. The van der Waals surface area contributed by atoms with E-state index in [0.29, 0.717) is 6.04 Å². The summed E-state index contributed by atoms with van der Waals surface area (Å²) >= 11 is 3.56. The highest BCUT2D eigenvalue weighted by Gasteiger charge is 2.12. The molecule has 0 fully saturated rings. The number of hydrogen-bond donors (Lipinski definition) is 1. The molecule has 4 heteroatoms. The van der Waals surface area contributed by atoms with Crippen molar-refractivity contribution in [2.24, 2.45) is 0 Å². The van der Waals surface area contributed by atoms with Crippen LogP contribution >= 0.6 is 22.7 Å². The Morgan fingerprint density at radius 3 is 2.81 bits per heavy atom. The first kappa shape index (κ1) is 11.8. The second-order valence-corrected chi connectivity index (χ2v) is 6.30. The van der Waals surface area contributed by atoms with Gasteiger partial charge in [0, 0.05) is 22.3 Å². The lowest BCUT2D eigenvalue weighted by Crippen LogP contribution is -2.18. The molecule has 2 aromatic rings. The Labute approximate surface area is 104 Å². The van der Waals surface area contributed by atoms with Crippen LogP contribution in [-0.4, -0.2) is 4.98 Å². The predicted molar refractivity (Wildman–Crippen MR) is 71.2 cm³/mol. The van der Waals surface area contributed by atoms with E-state index in [4.69, 9.17) is 0 Å². The molecule has 1 atom stereocenters. The van der Waals surface area contributed by atoms with Crippen molar-refractivity contribution in [3.63, 3.8) is 0 Å². The zero-order valence-corrected chi connectivity index (χ0v) is 11.4. The van der Waals surface area contributed by atoms with Crippen LogP contribution in [0, 0.1) is 13.8 Å². The molecule has 0 spiro atoms. The molecule has 2 rings (SSSR count). The van der Waals surface area contributed by atoms with E-state index >= 15 is 0 Å². The second kappa shape index (κ2) is 5.08. The lowest BCUT2D eigenvalue weighted by molar-refractivity contribution is 0.565. The van der Waals surface area contributed by atoms with E-state index < -0.39 is 0 Å². The van der Waals surface area contributed by atoms with Gasteiger partial charge in [0.1, 0.15) is 0 Å². The Morgan fingerprint density at radius 1 is 1.44 bits per heavy atom. The van der Waals surface area contributed by atoms with Crippen molar-refractivity contribution >= 4 is 22.7 Å². The number of nitrogens with one attached hydrogen (secondary N) is 1. The first-order chi connectivity index (χ1) is 7.66. The number of nitrogens with zero attached hydrogens (tertiary/aromatic N) is 1. The number of aryl methyl sites for hydroxylation is 2. The maximum absolute atomic E-state index is 4.57. The SMILES string of the molecule is Cc1nc(C(C)NCc2cccs2)c(C)s1. The highest BCUT2D eigenvalue weighted by molar-refractivity contribution is 7.11. The van der Waals surface area contributed by atoms with Gasteiger partial charge in [0.25, 0.3) is 0 Å². The standard InChI is InChI=1S/C12H16N2S2/c1-8(12-9(2)16-10(3)14-12)13-7-11-5-4-6-15-11/h4-6,8,13H,7H2,1-3H3. The van der Waals surface area contributed by atoms with Crippen molar-refractivity contribution in [2.75, 3.05) is 0 Å². The maximum atomic E-state index is 4.57. The van der Waals surface area contributed by atoms with Gasteiger partial charge in [0.2, 0.25) is 0 Å². The van der Waals surface area contributed by atoms with Gasteiger partial charge in [0.05, 0.1) is 10.7 Å². The monoisotopic (exact) mass is 252 g/mol. The van der Waals surface area contributed by atoms with Gasteiger partial charge in [-0.15, -0.1) is 22.7 Å². The molecule has 0 amide bonds. The van der Waals surface area contributed by atoms with Gasteiger partial charge in [0.15, 0.2) is 0 Å². The first-order valence-corrected chi connectivity index (χ1v) is 7.06. The molecule has 0 aliphatic carbocycles. The van der Waals surface area contributed by atoms with Gasteiger partial charge in [-0.2, -0.15) is 0 Å². The Kier molecular flexibility index (Phi) is 3.74. The minimum Gasteiger partial charge on any atom is -0.304 e. The van der Waals surface area contributed by atoms with Crippen LogP contribution in [0.1, 0.15) is 33.4 Å². The summed E-state index contributed by atoms with van der Waals surface area (Å²) in [5, 5.41) is 6.77. The third kappa shape index (κ3) is 2.70. The summed E-state index contributed by atoms with van der Waals surface area (Å²) < 4.78 is 0. The van der Waals surface area contributed by atoms with Gasteiger partial charge in [-0.1, -0.05) is 6.07 Å². The number of thiophene rings is 1. The number of thiazole rings is 1. The molecule has 0 aliphatic heterocycles. The van der Waals surface area contributed by atoms with Crippen LogP contribution < -0.4 is 5.32 Å². The average molecular weight is 252 g/mol. The zero-order chi connectivity index (χ0) is 11.5. The van der Waals surface area contributed by atoms with Gasteiger partial charge >= 0.3 is 0 Å². The summed E-state index contributed by atoms with van der Waals surface area (Å²) in [7, 11) is 0.